The van der Waals surface area contributed by atoms with Crippen LogP contribution in [-0.2, 0) is 13.6 Å². The predicted octanol–water partition coefficient (Wildman–Crippen LogP) is 9.82. The molecule has 0 saturated carbocycles. The highest BCUT2D eigenvalue weighted by atomic mass is 31.2. The molecule has 4 nitrogen and oxygen atoms in total. The van der Waals surface area contributed by atoms with Gasteiger partial charge in [0, 0.05) is 15.4 Å². The maximum Gasteiger partial charge on any atom is 0.203 e. The van der Waals surface area contributed by atoms with E-state index >= 15 is 0 Å². The molecule has 0 bridgehead atoms. The largest absolute Gasteiger partial charge is 0.362 e. The van der Waals surface area contributed by atoms with E-state index in [1.54, 1.807) is 0 Å². The summed E-state index contributed by atoms with van der Waals surface area (Å²) in [6.45, 7) is 11.7. The highest BCUT2D eigenvalue weighted by Gasteiger charge is 2.32. The molecule has 0 aliphatic heterocycles. The van der Waals surface area contributed by atoms with Crippen molar-refractivity contribution in [2.24, 2.45) is 0 Å². The first kappa shape index (κ1) is 34.5. The van der Waals surface area contributed by atoms with Crippen molar-refractivity contribution in [1.29, 1.82) is 0 Å². The molecule has 0 saturated heterocycles. The molecule has 0 spiro atoms. The van der Waals surface area contributed by atoms with Crippen molar-refractivity contribution in [2.75, 3.05) is 33.4 Å². The van der Waals surface area contributed by atoms with Gasteiger partial charge in [0.1, 0.15) is 0 Å². The van der Waals surface area contributed by atoms with Gasteiger partial charge in [0.2, 0.25) is 8.03 Å². The monoisotopic (exact) mass is 521 g/mol. The summed E-state index contributed by atoms with van der Waals surface area (Å²) in [7, 11) is 0.407. The third kappa shape index (κ3) is 20.7. The Hall–Kier alpha value is 0.540. The Morgan fingerprint density at radius 1 is 0.676 bits per heavy atom. The molecule has 6 heteroatoms. The number of hydrogen-bond donors (Lipinski definition) is 0. The predicted molar refractivity (Wildman–Crippen MR) is 155 cm³/mol. The van der Waals surface area contributed by atoms with Crippen molar-refractivity contribution in [2.45, 2.75) is 148 Å². The summed E-state index contributed by atoms with van der Waals surface area (Å²) in [4.78, 5) is 2.12. The van der Waals surface area contributed by atoms with Gasteiger partial charge in [-0.3, -0.25) is 4.57 Å². The second-order valence-corrected chi connectivity index (χ2v) is 14.4. The van der Waals surface area contributed by atoms with Crippen molar-refractivity contribution in [3.8, 4) is 0 Å². The van der Waals surface area contributed by atoms with Crippen LogP contribution in [0, 0.1) is 0 Å². The second-order valence-electron chi connectivity index (χ2n) is 10.3. The van der Waals surface area contributed by atoms with Crippen LogP contribution in [0.15, 0.2) is 0 Å². The lowest BCUT2D eigenvalue weighted by Crippen LogP contribution is -2.23. The molecule has 0 aliphatic carbocycles. The molecule has 3 unspecified atom stereocenters. The molecule has 0 fully saturated rings. The van der Waals surface area contributed by atoms with Gasteiger partial charge in [-0.15, -0.1) is 0 Å². The van der Waals surface area contributed by atoms with Crippen LogP contribution in [-0.4, -0.2) is 43.1 Å². The van der Waals surface area contributed by atoms with Crippen LogP contribution < -0.4 is 0 Å². The zero-order valence-electron chi connectivity index (χ0n) is 23.7. The van der Waals surface area contributed by atoms with Gasteiger partial charge in [-0.2, -0.15) is 0 Å². The fourth-order valence-electron chi connectivity index (χ4n) is 4.46. The Labute approximate surface area is 216 Å². The van der Waals surface area contributed by atoms with E-state index in [0.717, 1.165) is 19.4 Å². The minimum absolute atomic E-state index is 0.258. The smallest absolute Gasteiger partial charge is 0.203 e. The van der Waals surface area contributed by atoms with E-state index in [9.17, 15) is 4.57 Å². The molecule has 0 rings (SSSR count). The number of rotatable bonds is 27. The van der Waals surface area contributed by atoms with Gasteiger partial charge in [-0.05, 0) is 60.2 Å². The van der Waals surface area contributed by atoms with E-state index in [-0.39, 0.29) is 13.7 Å². The maximum absolute atomic E-state index is 12.6. The van der Waals surface area contributed by atoms with Crippen LogP contribution in [0.1, 0.15) is 143 Å². The van der Waals surface area contributed by atoms with Gasteiger partial charge in [0.05, 0.1) is 11.5 Å². The van der Waals surface area contributed by atoms with Crippen LogP contribution in [0.25, 0.3) is 0 Å². The maximum atomic E-state index is 12.6. The summed E-state index contributed by atoms with van der Waals surface area (Å²) >= 11 is 0. The van der Waals surface area contributed by atoms with E-state index in [4.69, 9.17) is 9.05 Å². The van der Waals surface area contributed by atoms with E-state index in [1.165, 1.54) is 109 Å². The molecule has 0 aromatic rings. The van der Waals surface area contributed by atoms with Gasteiger partial charge in [0.25, 0.3) is 0 Å². The quantitative estimate of drug-likeness (QED) is 0.0796. The van der Waals surface area contributed by atoms with Gasteiger partial charge >= 0.3 is 0 Å². The number of hydrogen-bond acceptors (Lipinski definition) is 4. The first-order valence-corrected chi connectivity index (χ1v) is 17.0. The first-order chi connectivity index (χ1) is 16.5. The topological polar surface area (TPSA) is 38.8 Å². The van der Waals surface area contributed by atoms with Crippen molar-refractivity contribution < 1.29 is 13.6 Å². The molecule has 0 aromatic carbocycles. The van der Waals surface area contributed by atoms with Crippen LogP contribution in [0.5, 0.6) is 0 Å². The molecule has 0 radical (unpaired) electrons. The lowest BCUT2D eigenvalue weighted by molar-refractivity contribution is 0.304. The van der Waals surface area contributed by atoms with E-state index in [0.29, 0.717) is 13.2 Å². The van der Waals surface area contributed by atoms with Gasteiger partial charge < -0.3 is 13.9 Å². The molecule has 0 heterocycles. The third-order valence-corrected chi connectivity index (χ3v) is 10.5. The molecular weight excluding hydrogens is 460 g/mol. The Morgan fingerprint density at radius 3 is 1.56 bits per heavy atom. The van der Waals surface area contributed by atoms with Crippen LogP contribution in [0.3, 0.4) is 0 Å². The SMILES string of the molecule is CCCCCCCCCCCCCCCCCCN(C)CCCC(C)(POCC)[PH](=O)OCC. The van der Waals surface area contributed by atoms with Crippen LogP contribution >= 0.6 is 16.8 Å². The van der Waals surface area contributed by atoms with Crippen LogP contribution in [0.4, 0.5) is 0 Å². The van der Waals surface area contributed by atoms with E-state index in [1.807, 2.05) is 13.8 Å². The summed E-state index contributed by atoms with van der Waals surface area (Å²) in [6, 6.07) is 0. The molecule has 0 amide bonds. The second kappa shape index (κ2) is 25.2. The lowest BCUT2D eigenvalue weighted by atomic mass is 10.0. The Bertz CT molecular complexity index is 453. The molecule has 0 aliphatic rings. The lowest BCUT2D eigenvalue weighted by Gasteiger charge is -2.28. The molecular formula is C28H61NO3P2. The third-order valence-electron chi connectivity index (χ3n) is 6.78. The van der Waals surface area contributed by atoms with E-state index < -0.39 is 8.03 Å². The normalized spacial score (nSPS) is 14.9. The standard InChI is InChI=1S/C28H61NO3P2/c1-6-9-10-11-12-13-14-15-16-17-18-19-20-21-22-23-26-29(5)27-24-25-28(4,33-31-7-2)34(30)32-8-3/h33-34H,6-27H2,1-5H3. The summed E-state index contributed by atoms with van der Waals surface area (Å²) in [5, 5.41) is 0. The molecule has 0 aromatic heterocycles. The average Bonchev–Trinajstić information content (AvgIpc) is 2.82. The molecule has 34 heavy (non-hydrogen) atoms. The highest BCUT2D eigenvalue weighted by Crippen LogP contribution is 2.54. The van der Waals surface area contributed by atoms with Crippen molar-refractivity contribution in [1.82, 2.24) is 4.90 Å². The fourth-order valence-corrected chi connectivity index (χ4v) is 6.93. The Morgan fingerprint density at radius 2 is 1.12 bits per heavy atom. The number of unbranched alkanes of at least 4 members (excludes halogenated alkanes) is 15. The minimum atomic E-state index is -2.07. The van der Waals surface area contributed by atoms with Crippen molar-refractivity contribution in [3.05, 3.63) is 0 Å². The Balaban J connectivity index is 3.58. The zero-order valence-corrected chi connectivity index (χ0v) is 25.7. The average molecular weight is 522 g/mol. The highest BCUT2D eigenvalue weighted by molar-refractivity contribution is 7.57. The van der Waals surface area contributed by atoms with Crippen molar-refractivity contribution >= 4 is 16.8 Å². The summed E-state index contributed by atoms with van der Waals surface area (Å²) in [6.07, 6.45) is 24.6. The molecule has 0 N–H and O–H groups in total. The van der Waals surface area contributed by atoms with Gasteiger partial charge in [-0.25, -0.2) is 0 Å². The van der Waals surface area contributed by atoms with Crippen molar-refractivity contribution in [3.63, 3.8) is 0 Å². The Kier molecular flexibility index (Phi) is 25.6. The minimum Gasteiger partial charge on any atom is -0.362 e. The van der Waals surface area contributed by atoms with Gasteiger partial charge in [0.15, 0.2) is 0 Å². The zero-order chi connectivity index (χ0) is 25.3. The molecule has 206 valence electrons. The van der Waals surface area contributed by atoms with Gasteiger partial charge in [-0.1, -0.05) is 103 Å². The molecule has 3 atom stereocenters. The first-order valence-electron chi connectivity index (χ1n) is 14.7. The summed E-state index contributed by atoms with van der Waals surface area (Å²) in [5.41, 5.74) is 0. The fraction of sp³-hybridized carbons (Fsp3) is 1.00. The van der Waals surface area contributed by atoms with E-state index in [2.05, 4.69) is 25.8 Å². The summed E-state index contributed by atoms with van der Waals surface area (Å²) < 4.78 is 23.7. The summed E-state index contributed by atoms with van der Waals surface area (Å²) in [5.74, 6) is 0. The number of nitrogens with zero attached hydrogens (tertiary/aromatic N) is 1. The van der Waals surface area contributed by atoms with Crippen LogP contribution in [0.2, 0.25) is 0 Å².